The third-order valence-electron chi connectivity index (χ3n) is 14.6. The Morgan fingerprint density at radius 3 is 1.91 bits per heavy atom. The lowest BCUT2D eigenvalue weighted by Gasteiger charge is -2.46. The first kappa shape index (κ1) is 64.6. The standard InChI is InChI=1S/C56H88N2O18/c1-35-21-17-14-12-10-8-6-7-9-11-13-15-18-22-42(75-55-53(69)50(52(68)38(4)74-55)57-47(65)25-28-58-26-19-16-20-27-58)32-46-49(54(70)72-5)45(64)34-56(71,76-46)33-41(61)30-44(63)43(62)24-23-39(59)29-40(60)31-48(66)73-37(3)36(2)51(35)67/h6-15,17-18,21-22,35-46,49-53,55,59-64,67-69,71H,16,19-20,23-34H2,1-5H3,(H,57,65)/t35-,36-,37-,38+,39+,40+,41-,42-,43+,44+,45-,46-,49+,50-,51+,52+,53-,55-,56+/m0/s1. The molecule has 0 aromatic rings. The molecule has 3 saturated heterocycles. The lowest BCUT2D eigenvalue weighted by Crippen LogP contribution is -2.64. The van der Waals surface area contributed by atoms with Crippen molar-refractivity contribution < 1.29 is 89.1 Å². The van der Waals surface area contributed by atoms with Crippen LogP contribution in [0, 0.1) is 17.8 Å². The molecule has 0 unspecified atom stereocenters. The van der Waals surface area contributed by atoms with Gasteiger partial charge in [-0.25, -0.2) is 0 Å². The van der Waals surface area contributed by atoms with Gasteiger partial charge in [0.1, 0.15) is 24.2 Å². The summed E-state index contributed by atoms with van der Waals surface area (Å²) in [7, 11) is 1.12. The first-order valence-electron chi connectivity index (χ1n) is 26.9. The summed E-state index contributed by atoms with van der Waals surface area (Å²) in [5, 5.41) is 114. The van der Waals surface area contributed by atoms with E-state index in [2.05, 4.69) is 10.2 Å². The number of nitrogens with zero attached hydrogens (tertiary/aromatic N) is 1. The van der Waals surface area contributed by atoms with Crippen molar-refractivity contribution in [3.63, 3.8) is 0 Å². The number of hydrogen-bond acceptors (Lipinski definition) is 19. The van der Waals surface area contributed by atoms with Gasteiger partial charge >= 0.3 is 11.9 Å². The number of amides is 1. The van der Waals surface area contributed by atoms with Gasteiger partial charge < -0.3 is 85.0 Å². The van der Waals surface area contributed by atoms with Crippen LogP contribution in [0.5, 0.6) is 0 Å². The number of allylic oxidation sites excluding steroid dienone is 12. The Morgan fingerprint density at radius 2 is 1.29 bits per heavy atom. The second kappa shape index (κ2) is 32.8. The molecule has 2 bridgehead atoms. The van der Waals surface area contributed by atoms with Gasteiger partial charge in [0.05, 0.1) is 80.6 Å². The van der Waals surface area contributed by atoms with Crippen LogP contribution in [0.25, 0.3) is 0 Å². The number of cyclic esters (lactones) is 1. The molecule has 0 aromatic carbocycles. The first-order chi connectivity index (χ1) is 36.1. The summed E-state index contributed by atoms with van der Waals surface area (Å²) in [5.41, 5.74) is 0. The number of carbonyl (C=O) groups is 3. The Kier molecular flexibility index (Phi) is 27.9. The lowest BCUT2D eigenvalue weighted by molar-refractivity contribution is -0.309. The predicted molar refractivity (Wildman–Crippen MR) is 280 cm³/mol. The van der Waals surface area contributed by atoms with Gasteiger partial charge in [-0.1, -0.05) is 105 Å². The maximum atomic E-state index is 13.3. The maximum absolute atomic E-state index is 13.3. The minimum atomic E-state index is -2.31. The minimum Gasteiger partial charge on any atom is -0.469 e. The van der Waals surface area contributed by atoms with Gasteiger partial charge in [0.25, 0.3) is 0 Å². The largest absolute Gasteiger partial charge is 0.469 e. The van der Waals surface area contributed by atoms with Crippen LogP contribution in [0.3, 0.4) is 0 Å². The average molecular weight is 1080 g/mol. The van der Waals surface area contributed by atoms with E-state index in [-0.39, 0.29) is 43.9 Å². The Bertz CT molecular complexity index is 1970. The van der Waals surface area contributed by atoms with E-state index in [1.165, 1.54) is 0 Å². The fourth-order valence-corrected chi connectivity index (χ4v) is 9.93. The molecule has 0 spiro atoms. The lowest BCUT2D eigenvalue weighted by atomic mass is 9.82. The average Bonchev–Trinajstić information content (AvgIpc) is 3.37. The van der Waals surface area contributed by atoms with Gasteiger partial charge in [-0.05, 0) is 59.0 Å². The van der Waals surface area contributed by atoms with E-state index in [4.69, 9.17) is 23.7 Å². The summed E-state index contributed by atoms with van der Waals surface area (Å²) in [4.78, 5) is 41.4. The number of likely N-dealkylation sites (tertiary alicyclic amines) is 1. The van der Waals surface area contributed by atoms with Gasteiger partial charge in [0.2, 0.25) is 5.91 Å². The number of aliphatic hydroxyl groups is 10. The smallest absolute Gasteiger partial charge is 0.313 e. The zero-order valence-electron chi connectivity index (χ0n) is 44.8. The number of methoxy groups -OCH3 is 1. The zero-order chi connectivity index (χ0) is 56.0. The highest BCUT2D eigenvalue weighted by Gasteiger charge is 2.51. The van der Waals surface area contributed by atoms with E-state index in [0.717, 1.165) is 39.5 Å². The van der Waals surface area contributed by atoms with Crippen molar-refractivity contribution in [2.24, 2.45) is 17.8 Å². The van der Waals surface area contributed by atoms with Crippen LogP contribution in [0.1, 0.15) is 105 Å². The van der Waals surface area contributed by atoms with Crippen LogP contribution in [-0.2, 0) is 38.1 Å². The number of hydrogen-bond donors (Lipinski definition) is 11. The van der Waals surface area contributed by atoms with Crippen molar-refractivity contribution in [1.29, 1.82) is 0 Å². The van der Waals surface area contributed by atoms with E-state index in [9.17, 15) is 65.4 Å². The van der Waals surface area contributed by atoms with E-state index in [1.807, 2.05) is 37.3 Å². The maximum Gasteiger partial charge on any atom is 0.313 e. The monoisotopic (exact) mass is 1080 g/mol. The zero-order valence-corrected chi connectivity index (χ0v) is 44.8. The summed E-state index contributed by atoms with van der Waals surface area (Å²) >= 11 is 0. The van der Waals surface area contributed by atoms with Gasteiger partial charge in [0, 0.05) is 50.5 Å². The van der Waals surface area contributed by atoms with Crippen molar-refractivity contribution in [2.75, 3.05) is 26.7 Å². The summed E-state index contributed by atoms with van der Waals surface area (Å²) < 4.78 is 29.0. The molecule has 19 atom stereocenters. The Morgan fingerprint density at radius 1 is 0.684 bits per heavy atom. The number of piperidine rings is 1. The highest BCUT2D eigenvalue weighted by atomic mass is 16.7. The Hall–Kier alpha value is -3.97. The molecule has 1 amide bonds. The fraction of sp³-hybridized carbons (Fsp3) is 0.696. The van der Waals surface area contributed by atoms with E-state index in [0.29, 0.717) is 6.54 Å². The SMILES string of the molecule is COC(=O)[C@H]1[C@@H]2C[C@@H](O[C@@H]3O[C@H](C)[C@@H](O)[C@H](NC(=O)CCN4CCCCC4)[C@@H]3O)C=CC=CC=CC=CC=CC=CC=C[C@H](C)[C@@H](O)[C@@H](C)[C@H](C)OC(=O)C[C@H](O)C[C@H](O)CC[C@@H](O)[C@H](O)C[C@H](O)C[C@](O)(C[C@@H]1O)O2. The fourth-order valence-electron chi connectivity index (χ4n) is 9.93. The third-order valence-corrected chi connectivity index (χ3v) is 14.6. The topological polar surface area (TPSA) is 315 Å². The van der Waals surface area contributed by atoms with Crippen molar-refractivity contribution >= 4 is 17.8 Å². The number of aliphatic hydroxyl groups excluding tert-OH is 9. The first-order valence-corrected chi connectivity index (χ1v) is 26.9. The number of nitrogens with one attached hydrogen (secondary N) is 1. The van der Waals surface area contributed by atoms with Gasteiger partial charge in [-0.15, -0.1) is 0 Å². The van der Waals surface area contributed by atoms with Crippen molar-refractivity contribution in [2.45, 2.75) is 202 Å². The van der Waals surface area contributed by atoms with Crippen molar-refractivity contribution in [3.8, 4) is 0 Å². The summed E-state index contributed by atoms with van der Waals surface area (Å²) in [6.45, 7) is 9.07. The van der Waals surface area contributed by atoms with Crippen LogP contribution >= 0.6 is 0 Å². The van der Waals surface area contributed by atoms with Crippen LogP contribution in [0.15, 0.2) is 85.1 Å². The highest BCUT2D eigenvalue weighted by molar-refractivity contribution is 5.76. The quantitative estimate of drug-likeness (QED) is 0.162. The molecule has 4 aliphatic heterocycles. The summed E-state index contributed by atoms with van der Waals surface area (Å²) in [6.07, 6.45) is 7.01. The molecule has 76 heavy (non-hydrogen) atoms. The number of rotatable bonds is 7. The summed E-state index contributed by atoms with van der Waals surface area (Å²) in [5.74, 6) is -6.44. The molecule has 20 heteroatoms. The van der Waals surface area contributed by atoms with Gasteiger partial charge in [-0.3, -0.25) is 14.4 Å². The molecular formula is C56H88N2O18. The molecule has 4 heterocycles. The molecule has 4 rings (SSSR count). The normalized spacial score (nSPS) is 39.0. The van der Waals surface area contributed by atoms with E-state index in [1.54, 1.807) is 75.5 Å². The summed E-state index contributed by atoms with van der Waals surface area (Å²) in [6, 6.07) is -1.19. The Labute approximate surface area is 447 Å². The number of carbonyl (C=O) groups excluding carboxylic acids is 3. The third kappa shape index (κ3) is 21.7. The molecule has 0 saturated carbocycles. The molecule has 3 fully saturated rings. The van der Waals surface area contributed by atoms with Gasteiger partial charge in [-0.2, -0.15) is 0 Å². The van der Waals surface area contributed by atoms with E-state index >= 15 is 0 Å². The van der Waals surface area contributed by atoms with Crippen molar-refractivity contribution in [3.05, 3.63) is 85.1 Å². The second-order valence-corrected chi connectivity index (χ2v) is 20.9. The number of esters is 2. The second-order valence-electron chi connectivity index (χ2n) is 20.9. The molecule has 0 aromatic heterocycles. The van der Waals surface area contributed by atoms with Crippen LogP contribution in [0.2, 0.25) is 0 Å². The molecule has 0 aliphatic carbocycles. The van der Waals surface area contributed by atoms with E-state index < -0.39 is 147 Å². The predicted octanol–water partition coefficient (Wildman–Crippen LogP) is 1.83. The van der Waals surface area contributed by atoms with Crippen molar-refractivity contribution in [1.82, 2.24) is 10.2 Å². The number of ether oxygens (including phenoxy) is 5. The number of fused-ring (bicyclic) bond motifs is 2. The molecule has 4 aliphatic rings. The van der Waals surface area contributed by atoms with Crippen LogP contribution in [-0.4, -0.2) is 198 Å². The van der Waals surface area contributed by atoms with Crippen LogP contribution in [0.4, 0.5) is 0 Å². The van der Waals surface area contributed by atoms with Gasteiger partial charge in [0.15, 0.2) is 12.1 Å². The molecule has 430 valence electrons. The molecule has 11 N–H and O–H groups in total. The van der Waals surface area contributed by atoms with Crippen LogP contribution < -0.4 is 5.32 Å². The highest BCUT2D eigenvalue weighted by Crippen LogP contribution is 2.39. The molecular weight excluding hydrogens is 989 g/mol. The molecule has 20 nitrogen and oxygen atoms in total. The molecule has 0 radical (unpaired) electrons. The minimum absolute atomic E-state index is 0.107. The Balaban J connectivity index is 1.58.